The van der Waals surface area contributed by atoms with Gasteiger partial charge in [-0.2, -0.15) is 0 Å². The number of non-ortho nitro benzene ring substituents is 1. The summed E-state index contributed by atoms with van der Waals surface area (Å²) in [5, 5.41) is 13.8. The van der Waals surface area contributed by atoms with E-state index in [9.17, 15) is 10.1 Å². The molecule has 0 aromatic heterocycles. The minimum Gasteiger partial charge on any atom is -0.319 e. The second kappa shape index (κ2) is 5.93. The molecule has 0 saturated carbocycles. The van der Waals surface area contributed by atoms with E-state index in [1.165, 1.54) is 6.42 Å². The van der Waals surface area contributed by atoms with Gasteiger partial charge >= 0.3 is 0 Å². The van der Waals surface area contributed by atoms with Crippen molar-refractivity contribution >= 4 is 5.69 Å². The Labute approximate surface area is 107 Å². The van der Waals surface area contributed by atoms with E-state index in [4.69, 9.17) is 0 Å². The lowest BCUT2D eigenvalue weighted by atomic mass is 10.1. The zero-order chi connectivity index (χ0) is 13.0. The molecule has 98 valence electrons. The van der Waals surface area contributed by atoms with Crippen LogP contribution in [0.5, 0.6) is 0 Å². The van der Waals surface area contributed by atoms with Crippen LogP contribution in [0.25, 0.3) is 0 Å². The topological polar surface area (TPSA) is 58.4 Å². The summed E-state index contributed by atoms with van der Waals surface area (Å²) >= 11 is 0. The zero-order valence-electron chi connectivity index (χ0n) is 10.6. The molecule has 5 heteroatoms. The molecule has 1 N–H and O–H groups in total. The van der Waals surface area contributed by atoms with Gasteiger partial charge in [-0.3, -0.25) is 15.0 Å². The third-order valence-electron chi connectivity index (χ3n) is 3.42. The monoisotopic (exact) mass is 249 g/mol. The van der Waals surface area contributed by atoms with E-state index in [1.807, 2.05) is 19.2 Å². The Morgan fingerprint density at radius 3 is 2.78 bits per heavy atom. The van der Waals surface area contributed by atoms with E-state index < -0.39 is 0 Å². The summed E-state index contributed by atoms with van der Waals surface area (Å²) in [6.07, 6.45) is 1.23. The third kappa shape index (κ3) is 3.27. The van der Waals surface area contributed by atoms with Crippen LogP contribution < -0.4 is 5.32 Å². The van der Waals surface area contributed by atoms with E-state index >= 15 is 0 Å². The average molecular weight is 249 g/mol. The number of rotatable bonds is 5. The number of nitro groups is 1. The van der Waals surface area contributed by atoms with Gasteiger partial charge in [0.2, 0.25) is 0 Å². The van der Waals surface area contributed by atoms with Gasteiger partial charge in [0.25, 0.3) is 5.69 Å². The van der Waals surface area contributed by atoms with Crippen molar-refractivity contribution in [3.63, 3.8) is 0 Å². The maximum Gasteiger partial charge on any atom is 0.269 e. The molecule has 1 aliphatic rings. The highest BCUT2D eigenvalue weighted by Gasteiger charge is 2.21. The Balaban J connectivity index is 1.88. The zero-order valence-corrected chi connectivity index (χ0v) is 10.6. The minimum atomic E-state index is -0.359. The van der Waals surface area contributed by atoms with Crippen molar-refractivity contribution in [2.24, 2.45) is 5.92 Å². The number of likely N-dealkylation sites (tertiary alicyclic amines) is 1. The summed E-state index contributed by atoms with van der Waals surface area (Å²) in [7, 11) is 1.99. The van der Waals surface area contributed by atoms with Gasteiger partial charge < -0.3 is 5.32 Å². The van der Waals surface area contributed by atoms with Crippen LogP contribution in [0.1, 0.15) is 12.0 Å². The average Bonchev–Trinajstić information content (AvgIpc) is 2.78. The largest absolute Gasteiger partial charge is 0.319 e. The van der Waals surface area contributed by atoms with Crippen molar-refractivity contribution in [1.29, 1.82) is 0 Å². The molecular formula is C13H19N3O2. The number of benzene rings is 1. The van der Waals surface area contributed by atoms with E-state index in [2.05, 4.69) is 10.2 Å². The quantitative estimate of drug-likeness (QED) is 0.636. The molecule has 1 atom stereocenters. The van der Waals surface area contributed by atoms with Crippen LogP contribution in [0.2, 0.25) is 0 Å². The van der Waals surface area contributed by atoms with Crippen molar-refractivity contribution in [2.75, 3.05) is 26.7 Å². The van der Waals surface area contributed by atoms with Crippen molar-refractivity contribution in [2.45, 2.75) is 13.0 Å². The molecule has 1 aromatic rings. The van der Waals surface area contributed by atoms with Crippen LogP contribution in [-0.2, 0) is 6.54 Å². The Bertz CT molecular complexity index is 405. The second-order valence-electron chi connectivity index (χ2n) is 4.87. The molecule has 2 rings (SSSR count). The summed E-state index contributed by atoms with van der Waals surface area (Å²) in [5.41, 5.74) is 1.30. The maximum absolute atomic E-state index is 10.6. The first-order valence-corrected chi connectivity index (χ1v) is 6.29. The first-order valence-electron chi connectivity index (χ1n) is 6.29. The van der Waals surface area contributed by atoms with Gasteiger partial charge in [0, 0.05) is 25.2 Å². The molecule has 0 radical (unpaired) electrons. The molecule has 0 spiro atoms. The van der Waals surface area contributed by atoms with Crippen LogP contribution >= 0.6 is 0 Å². The molecule has 1 unspecified atom stereocenters. The number of hydrogen-bond donors (Lipinski definition) is 1. The fourth-order valence-corrected chi connectivity index (χ4v) is 2.49. The Hall–Kier alpha value is -1.46. The van der Waals surface area contributed by atoms with Crippen LogP contribution in [-0.4, -0.2) is 36.5 Å². The smallest absolute Gasteiger partial charge is 0.269 e. The molecule has 18 heavy (non-hydrogen) atoms. The highest BCUT2D eigenvalue weighted by Crippen LogP contribution is 2.19. The fourth-order valence-electron chi connectivity index (χ4n) is 2.49. The van der Waals surface area contributed by atoms with Crippen molar-refractivity contribution in [3.05, 3.63) is 39.9 Å². The molecule has 5 nitrogen and oxygen atoms in total. The van der Waals surface area contributed by atoms with Gasteiger partial charge in [-0.25, -0.2) is 0 Å². The van der Waals surface area contributed by atoms with Crippen molar-refractivity contribution in [3.8, 4) is 0 Å². The first-order chi connectivity index (χ1) is 8.69. The highest BCUT2D eigenvalue weighted by molar-refractivity contribution is 5.32. The SMILES string of the molecule is CNCC1CCN(Cc2ccc([N+](=O)[O-])cc2)C1. The van der Waals surface area contributed by atoms with Crippen LogP contribution in [0.3, 0.4) is 0 Å². The van der Waals surface area contributed by atoms with Crippen LogP contribution in [0.15, 0.2) is 24.3 Å². The Morgan fingerprint density at radius 2 is 2.17 bits per heavy atom. The lowest BCUT2D eigenvalue weighted by molar-refractivity contribution is -0.384. The van der Waals surface area contributed by atoms with Gasteiger partial charge in [0.05, 0.1) is 4.92 Å². The summed E-state index contributed by atoms with van der Waals surface area (Å²) in [4.78, 5) is 12.6. The molecule has 1 fully saturated rings. The van der Waals surface area contributed by atoms with E-state index in [-0.39, 0.29) is 10.6 Å². The number of nitrogens with one attached hydrogen (secondary N) is 1. The molecular weight excluding hydrogens is 230 g/mol. The van der Waals surface area contributed by atoms with Crippen molar-refractivity contribution < 1.29 is 4.92 Å². The molecule has 0 aliphatic carbocycles. The molecule has 0 bridgehead atoms. The predicted molar refractivity (Wildman–Crippen MR) is 70.4 cm³/mol. The highest BCUT2D eigenvalue weighted by atomic mass is 16.6. The molecule has 1 saturated heterocycles. The van der Waals surface area contributed by atoms with Crippen LogP contribution in [0, 0.1) is 16.0 Å². The molecule has 1 aromatic carbocycles. The van der Waals surface area contributed by atoms with Gasteiger partial charge in [-0.05, 0) is 38.0 Å². The predicted octanol–water partition coefficient (Wildman–Crippen LogP) is 1.64. The number of nitro benzene ring substituents is 1. The minimum absolute atomic E-state index is 0.160. The Kier molecular flexibility index (Phi) is 4.28. The summed E-state index contributed by atoms with van der Waals surface area (Å²) in [6.45, 7) is 4.18. The van der Waals surface area contributed by atoms with Gasteiger partial charge in [-0.1, -0.05) is 12.1 Å². The fraction of sp³-hybridized carbons (Fsp3) is 0.538. The lowest BCUT2D eigenvalue weighted by Crippen LogP contribution is -2.24. The van der Waals surface area contributed by atoms with Gasteiger partial charge in [0.1, 0.15) is 0 Å². The molecule has 1 heterocycles. The van der Waals surface area contributed by atoms with Crippen molar-refractivity contribution in [1.82, 2.24) is 10.2 Å². The number of hydrogen-bond acceptors (Lipinski definition) is 4. The first kappa shape index (κ1) is 13.0. The van der Waals surface area contributed by atoms with Gasteiger partial charge in [-0.15, -0.1) is 0 Å². The summed E-state index contributed by atoms with van der Waals surface area (Å²) in [6, 6.07) is 6.86. The normalized spacial score (nSPS) is 20.2. The van der Waals surface area contributed by atoms with E-state index in [1.54, 1.807) is 12.1 Å². The standard InChI is InChI=1S/C13H19N3O2/c1-14-8-12-6-7-15(10-12)9-11-2-4-13(5-3-11)16(17)18/h2-5,12,14H,6-10H2,1H3. The maximum atomic E-state index is 10.6. The van der Waals surface area contributed by atoms with E-state index in [0.29, 0.717) is 0 Å². The van der Waals surface area contributed by atoms with Gasteiger partial charge in [0.15, 0.2) is 0 Å². The third-order valence-corrected chi connectivity index (χ3v) is 3.42. The van der Waals surface area contributed by atoms with E-state index in [0.717, 1.165) is 37.7 Å². The lowest BCUT2D eigenvalue weighted by Gasteiger charge is -2.15. The molecule has 0 amide bonds. The number of nitrogens with zero attached hydrogens (tertiary/aromatic N) is 2. The second-order valence-corrected chi connectivity index (χ2v) is 4.87. The van der Waals surface area contributed by atoms with Crippen LogP contribution in [0.4, 0.5) is 5.69 Å². The Morgan fingerprint density at radius 1 is 1.44 bits per heavy atom. The summed E-state index contributed by atoms with van der Waals surface area (Å²) < 4.78 is 0. The summed E-state index contributed by atoms with van der Waals surface area (Å²) in [5.74, 6) is 0.730. The molecule has 1 aliphatic heterocycles.